The first-order chi connectivity index (χ1) is 10.3. The minimum atomic E-state index is -0.870. The summed E-state index contributed by atoms with van der Waals surface area (Å²) in [5.74, 6) is 0. The quantitative estimate of drug-likeness (QED) is 0.667. The Morgan fingerprint density at radius 2 is 0.913 bits per heavy atom. The van der Waals surface area contributed by atoms with Crippen LogP contribution in [0.2, 0.25) is 0 Å². The highest BCUT2D eigenvalue weighted by atomic mass is 16.3. The van der Waals surface area contributed by atoms with E-state index < -0.39 is 16.9 Å². The molecule has 1 saturated heterocycles. The van der Waals surface area contributed by atoms with Crippen LogP contribution in [0.25, 0.3) is 0 Å². The maximum atomic E-state index is 10.4. The standard InChI is InChI=1S/C17H37N3O3/c1-15(2,21)13-18-7-8-19(14-16(3,4)22)10-12-20(11-9-18)17(5,6)23/h21-23H,7-14H2,1-6H3. The average Bonchev–Trinajstić information content (AvgIpc) is 2.37. The lowest BCUT2D eigenvalue weighted by molar-refractivity contribution is -0.0831. The summed E-state index contributed by atoms with van der Waals surface area (Å²) in [4.78, 5) is 6.54. The van der Waals surface area contributed by atoms with Crippen LogP contribution in [0.3, 0.4) is 0 Å². The monoisotopic (exact) mass is 331 g/mol. The number of hydrogen-bond donors (Lipinski definition) is 3. The molecule has 1 rings (SSSR count). The molecule has 0 amide bonds. The molecule has 3 N–H and O–H groups in total. The van der Waals surface area contributed by atoms with Crippen LogP contribution in [-0.4, -0.2) is 99.3 Å². The predicted octanol–water partition coefficient (Wildman–Crippen LogP) is 0.176. The van der Waals surface area contributed by atoms with Crippen molar-refractivity contribution in [2.24, 2.45) is 0 Å². The summed E-state index contributed by atoms with van der Waals surface area (Å²) in [5, 5.41) is 30.6. The van der Waals surface area contributed by atoms with Crippen molar-refractivity contribution in [3.8, 4) is 0 Å². The average molecular weight is 332 g/mol. The molecule has 0 aromatic rings. The molecule has 0 saturated carbocycles. The third kappa shape index (κ3) is 8.98. The highest BCUT2D eigenvalue weighted by Gasteiger charge is 2.28. The van der Waals surface area contributed by atoms with Gasteiger partial charge in [-0.3, -0.25) is 14.7 Å². The van der Waals surface area contributed by atoms with E-state index >= 15 is 0 Å². The molecule has 1 aliphatic heterocycles. The van der Waals surface area contributed by atoms with Crippen molar-refractivity contribution in [3.05, 3.63) is 0 Å². The van der Waals surface area contributed by atoms with Crippen molar-refractivity contribution in [1.29, 1.82) is 0 Å². The van der Waals surface area contributed by atoms with Crippen LogP contribution in [0.15, 0.2) is 0 Å². The molecule has 0 bridgehead atoms. The first-order valence-corrected chi connectivity index (χ1v) is 8.63. The van der Waals surface area contributed by atoms with Crippen molar-refractivity contribution in [3.63, 3.8) is 0 Å². The van der Waals surface area contributed by atoms with Gasteiger partial charge in [0.25, 0.3) is 0 Å². The van der Waals surface area contributed by atoms with Crippen LogP contribution in [-0.2, 0) is 0 Å². The van der Waals surface area contributed by atoms with Gasteiger partial charge in [0.15, 0.2) is 0 Å². The topological polar surface area (TPSA) is 70.4 Å². The van der Waals surface area contributed by atoms with E-state index in [2.05, 4.69) is 14.7 Å². The molecule has 0 aromatic carbocycles. The first kappa shape index (κ1) is 20.8. The van der Waals surface area contributed by atoms with E-state index in [4.69, 9.17) is 0 Å². The van der Waals surface area contributed by atoms with E-state index in [0.717, 1.165) is 39.3 Å². The van der Waals surface area contributed by atoms with Gasteiger partial charge < -0.3 is 15.3 Å². The number of β-amino-alcohol motifs (C(OH)–C–C–N with tert-alkyl or cyclic N) is 2. The van der Waals surface area contributed by atoms with Crippen molar-refractivity contribution < 1.29 is 15.3 Å². The van der Waals surface area contributed by atoms with Gasteiger partial charge in [0.1, 0.15) is 5.72 Å². The van der Waals surface area contributed by atoms with Gasteiger partial charge in [0.05, 0.1) is 11.2 Å². The molecule has 6 heteroatoms. The van der Waals surface area contributed by atoms with Crippen LogP contribution in [0.4, 0.5) is 0 Å². The van der Waals surface area contributed by atoms with Gasteiger partial charge in [-0.15, -0.1) is 0 Å². The molecule has 0 unspecified atom stereocenters. The predicted molar refractivity (Wildman–Crippen MR) is 93.3 cm³/mol. The molecule has 0 spiro atoms. The zero-order valence-corrected chi connectivity index (χ0v) is 15.8. The van der Waals surface area contributed by atoms with E-state index in [1.165, 1.54) is 0 Å². The normalized spacial score (nSPS) is 21.8. The summed E-state index contributed by atoms with van der Waals surface area (Å²) in [6, 6.07) is 0. The fourth-order valence-electron chi connectivity index (χ4n) is 3.10. The highest BCUT2D eigenvalue weighted by Crippen LogP contribution is 2.14. The Labute approximate surface area is 141 Å². The van der Waals surface area contributed by atoms with Gasteiger partial charge in [0.2, 0.25) is 0 Å². The minimum absolute atomic E-state index is 0.600. The largest absolute Gasteiger partial charge is 0.389 e. The fourth-order valence-corrected chi connectivity index (χ4v) is 3.10. The van der Waals surface area contributed by atoms with Gasteiger partial charge >= 0.3 is 0 Å². The maximum absolute atomic E-state index is 10.4. The molecule has 1 aliphatic rings. The molecule has 6 nitrogen and oxygen atoms in total. The zero-order chi connectivity index (χ0) is 17.9. The van der Waals surface area contributed by atoms with Crippen molar-refractivity contribution in [1.82, 2.24) is 14.7 Å². The molecule has 0 atom stereocenters. The Kier molecular flexibility index (Phi) is 7.02. The van der Waals surface area contributed by atoms with Gasteiger partial charge in [-0.2, -0.15) is 0 Å². The number of aliphatic hydroxyl groups is 3. The molecule has 23 heavy (non-hydrogen) atoms. The van der Waals surface area contributed by atoms with Crippen LogP contribution in [0.1, 0.15) is 41.5 Å². The Morgan fingerprint density at radius 1 is 0.609 bits per heavy atom. The lowest BCUT2D eigenvalue weighted by Gasteiger charge is -2.36. The third-order valence-corrected chi connectivity index (χ3v) is 4.10. The van der Waals surface area contributed by atoms with E-state index in [0.29, 0.717) is 13.1 Å². The molecule has 138 valence electrons. The van der Waals surface area contributed by atoms with Gasteiger partial charge in [-0.1, -0.05) is 0 Å². The van der Waals surface area contributed by atoms with Gasteiger partial charge in [0, 0.05) is 52.4 Å². The van der Waals surface area contributed by atoms with E-state index in [1.54, 1.807) is 0 Å². The molecule has 0 radical (unpaired) electrons. The van der Waals surface area contributed by atoms with Crippen LogP contribution < -0.4 is 0 Å². The molecule has 1 heterocycles. The molecule has 0 aliphatic carbocycles. The van der Waals surface area contributed by atoms with E-state index in [9.17, 15) is 15.3 Å². The molecule has 0 aromatic heterocycles. The summed E-state index contributed by atoms with van der Waals surface area (Å²) in [7, 11) is 0. The van der Waals surface area contributed by atoms with Crippen LogP contribution in [0, 0.1) is 0 Å². The number of rotatable bonds is 5. The Hall–Kier alpha value is -0.240. The van der Waals surface area contributed by atoms with Gasteiger partial charge in [-0.25, -0.2) is 0 Å². The first-order valence-electron chi connectivity index (χ1n) is 8.63. The lowest BCUT2D eigenvalue weighted by atomic mass is 10.1. The van der Waals surface area contributed by atoms with E-state index in [1.807, 2.05) is 41.5 Å². The van der Waals surface area contributed by atoms with Gasteiger partial charge in [-0.05, 0) is 41.5 Å². The second-order valence-corrected chi connectivity index (χ2v) is 8.66. The van der Waals surface area contributed by atoms with E-state index in [-0.39, 0.29) is 0 Å². The molecular formula is C17H37N3O3. The summed E-state index contributed by atoms with van der Waals surface area (Å²) in [6.07, 6.45) is 0. The highest BCUT2D eigenvalue weighted by molar-refractivity contribution is 4.81. The smallest absolute Gasteiger partial charge is 0.112 e. The lowest BCUT2D eigenvalue weighted by Crippen LogP contribution is -2.50. The Balaban J connectivity index is 2.82. The Bertz CT molecular complexity index is 328. The summed E-state index contributed by atoms with van der Waals surface area (Å²) >= 11 is 0. The molecule has 1 fully saturated rings. The number of hydrogen-bond acceptors (Lipinski definition) is 6. The second kappa shape index (κ2) is 7.76. The summed E-state index contributed by atoms with van der Waals surface area (Å²) in [6.45, 7) is 16.9. The summed E-state index contributed by atoms with van der Waals surface area (Å²) in [5.41, 5.74) is -2.35. The maximum Gasteiger partial charge on any atom is 0.112 e. The Morgan fingerprint density at radius 3 is 1.17 bits per heavy atom. The van der Waals surface area contributed by atoms with Crippen molar-refractivity contribution in [2.75, 3.05) is 52.4 Å². The SMILES string of the molecule is CC(C)(O)CN1CCN(CC(C)(C)O)CCN(C(C)(C)O)CC1. The summed E-state index contributed by atoms with van der Waals surface area (Å²) < 4.78 is 0. The van der Waals surface area contributed by atoms with Crippen LogP contribution >= 0.6 is 0 Å². The van der Waals surface area contributed by atoms with Crippen molar-refractivity contribution in [2.45, 2.75) is 58.5 Å². The fraction of sp³-hybridized carbons (Fsp3) is 1.00. The third-order valence-electron chi connectivity index (χ3n) is 4.10. The zero-order valence-electron chi connectivity index (χ0n) is 15.8. The number of nitrogens with zero attached hydrogens (tertiary/aromatic N) is 3. The molecular weight excluding hydrogens is 294 g/mol. The van der Waals surface area contributed by atoms with Crippen LogP contribution in [0.5, 0.6) is 0 Å². The second-order valence-electron chi connectivity index (χ2n) is 8.66. The minimum Gasteiger partial charge on any atom is -0.389 e. The van der Waals surface area contributed by atoms with Crippen molar-refractivity contribution >= 4 is 0 Å².